The van der Waals surface area contributed by atoms with Crippen molar-refractivity contribution in [1.82, 2.24) is 14.8 Å². The first kappa shape index (κ1) is 22.7. The highest BCUT2D eigenvalue weighted by Gasteiger charge is 2.13. The highest BCUT2D eigenvalue weighted by atomic mass is 16.6. The maximum absolute atomic E-state index is 12.7. The number of fused-ring (bicyclic) bond motifs is 1. The Morgan fingerprint density at radius 3 is 2.59 bits per heavy atom. The van der Waals surface area contributed by atoms with Crippen molar-refractivity contribution in [2.75, 3.05) is 12.4 Å². The Balaban J connectivity index is 1.56. The van der Waals surface area contributed by atoms with Crippen molar-refractivity contribution in [3.8, 4) is 17.3 Å². The van der Waals surface area contributed by atoms with Crippen molar-refractivity contribution < 1.29 is 19.1 Å². The van der Waals surface area contributed by atoms with Crippen LogP contribution in [-0.4, -0.2) is 33.8 Å². The molecule has 34 heavy (non-hydrogen) atoms. The third-order valence-corrected chi connectivity index (χ3v) is 5.08. The predicted octanol–water partition coefficient (Wildman–Crippen LogP) is 4.62. The van der Waals surface area contributed by atoms with E-state index in [0.29, 0.717) is 28.7 Å². The van der Waals surface area contributed by atoms with Crippen LogP contribution in [0.4, 0.5) is 5.82 Å². The molecule has 0 saturated heterocycles. The van der Waals surface area contributed by atoms with Gasteiger partial charge in [0.15, 0.2) is 17.3 Å². The van der Waals surface area contributed by atoms with Gasteiger partial charge >= 0.3 is 5.97 Å². The number of nitrogens with one attached hydrogen (secondary N) is 1. The molecule has 0 unspecified atom stereocenters. The van der Waals surface area contributed by atoms with Crippen molar-refractivity contribution >= 4 is 34.7 Å². The highest BCUT2D eigenvalue weighted by Crippen LogP contribution is 2.29. The first-order valence-corrected chi connectivity index (χ1v) is 10.6. The Labute approximate surface area is 196 Å². The van der Waals surface area contributed by atoms with Crippen molar-refractivity contribution in [3.05, 3.63) is 77.5 Å². The number of para-hydroxylation sites is 1. The number of aromatic nitrogens is 3. The van der Waals surface area contributed by atoms with Crippen LogP contribution in [0.3, 0.4) is 0 Å². The number of carbonyl (C=O) groups excluding carboxylic acids is 2. The molecule has 0 bridgehead atoms. The number of pyridine rings is 1. The normalized spacial score (nSPS) is 11.1. The molecule has 8 heteroatoms. The molecule has 0 saturated carbocycles. The topological polar surface area (TPSA) is 95.3 Å². The number of amides is 1. The van der Waals surface area contributed by atoms with Crippen LogP contribution in [0.5, 0.6) is 11.5 Å². The number of benzene rings is 2. The summed E-state index contributed by atoms with van der Waals surface area (Å²) < 4.78 is 12.0. The molecule has 4 rings (SSSR count). The molecule has 0 atom stereocenters. The van der Waals surface area contributed by atoms with Crippen LogP contribution in [0.25, 0.3) is 22.8 Å². The number of rotatable bonds is 6. The van der Waals surface area contributed by atoms with Gasteiger partial charge in [-0.1, -0.05) is 24.3 Å². The largest absolute Gasteiger partial charge is 0.493 e. The number of anilines is 1. The SMILES string of the molecule is COc1cc(/C=C/C(=O)Nc2cc(C)nn2-c2cc(C)c3ccccc3n2)ccc1OC(C)=O. The van der Waals surface area contributed by atoms with E-state index >= 15 is 0 Å². The van der Waals surface area contributed by atoms with E-state index in [1.807, 2.05) is 44.2 Å². The summed E-state index contributed by atoms with van der Waals surface area (Å²) in [5, 5.41) is 8.45. The summed E-state index contributed by atoms with van der Waals surface area (Å²) in [7, 11) is 1.48. The number of aryl methyl sites for hydroxylation is 2. The summed E-state index contributed by atoms with van der Waals surface area (Å²) in [6.45, 7) is 5.19. The van der Waals surface area contributed by atoms with Crippen molar-refractivity contribution in [2.24, 2.45) is 0 Å². The molecule has 1 N–H and O–H groups in total. The van der Waals surface area contributed by atoms with Gasteiger partial charge in [0.1, 0.15) is 5.82 Å². The van der Waals surface area contributed by atoms with Gasteiger partial charge in [-0.2, -0.15) is 9.78 Å². The number of esters is 1. The van der Waals surface area contributed by atoms with Gasteiger partial charge in [0, 0.05) is 24.5 Å². The summed E-state index contributed by atoms with van der Waals surface area (Å²) in [5.74, 6) is 1.07. The second kappa shape index (κ2) is 9.58. The van der Waals surface area contributed by atoms with E-state index in [0.717, 1.165) is 22.2 Å². The molecular weight excluding hydrogens is 432 g/mol. The summed E-state index contributed by atoms with van der Waals surface area (Å²) in [4.78, 5) is 28.6. The third kappa shape index (κ3) is 4.96. The monoisotopic (exact) mass is 456 g/mol. The fourth-order valence-corrected chi connectivity index (χ4v) is 3.57. The number of hydrogen-bond acceptors (Lipinski definition) is 6. The van der Waals surface area contributed by atoms with Gasteiger partial charge < -0.3 is 14.8 Å². The molecule has 8 nitrogen and oxygen atoms in total. The molecule has 0 spiro atoms. The zero-order valence-corrected chi connectivity index (χ0v) is 19.3. The zero-order valence-electron chi connectivity index (χ0n) is 19.3. The molecule has 2 aromatic carbocycles. The molecule has 1 amide bonds. The van der Waals surface area contributed by atoms with Gasteiger partial charge in [-0.25, -0.2) is 4.98 Å². The lowest BCUT2D eigenvalue weighted by Gasteiger charge is -2.10. The second-order valence-corrected chi connectivity index (χ2v) is 7.72. The lowest BCUT2D eigenvalue weighted by molar-refractivity contribution is -0.132. The fourth-order valence-electron chi connectivity index (χ4n) is 3.57. The first-order chi connectivity index (χ1) is 16.3. The van der Waals surface area contributed by atoms with Crippen LogP contribution < -0.4 is 14.8 Å². The van der Waals surface area contributed by atoms with Crippen LogP contribution in [-0.2, 0) is 9.59 Å². The zero-order chi connectivity index (χ0) is 24.2. The van der Waals surface area contributed by atoms with Gasteiger partial charge in [0.2, 0.25) is 5.91 Å². The summed E-state index contributed by atoms with van der Waals surface area (Å²) >= 11 is 0. The highest BCUT2D eigenvalue weighted by molar-refractivity contribution is 6.01. The lowest BCUT2D eigenvalue weighted by atomic mass is 10.1. The molecule has 0 fully saturated rings. The first-order valence-electron chi connectivity index (χ1n) is 10.6. The Morgan fingerprint density at radius 1 is 1.03 bits per heavy atom. The molecule has 4 aromatic rings. The van der Waals surface area contributed by atoms with Gasteiger partial charge in [-0.3, -0.25) is 9.59 Å². The quantitative estimate of drug-likeness (QED) is 0.258. The van der Waals surface area contributed by atoms with E-state index in [2.05, 4.69) is 10.4 Å². The molecule has 2 heterocycles. The number of ether oxygens (including phenoxy) is 2. The van der Waals surface area contributed by atoms with Crippen LogP contribution in [0, 0.1) is 13.8 Å². The minimum absolute atomic E-state index is 0.314. The van der Waals surface area contributed by atoms with Crippen LogP contribution >= 0.6 is 0 Å². The second-order valence-electron chi connectivity index (χ2n) is 7.72. The minimum atomic E-state index is -0.441. The van der Waals surface area contributed by atoms with E-state index in [9.17, 15) is 9.59 Å². The summed E-state index contributed by atoms with van der Waals surface area (Å²) in [6.07, 6.45) is 3.05. The Kier molecular flexibility index (Phi) is 6.40. The molecule has 0 aliphatic heterocycles. The van der Waals surface area contributed by atoms with Crippen molar-refractivity contribution in [1.29, 1.82) is 0 Å². The average molecular weight is 457 g/mol. The van der Waals surface area contributed by atoms with E-state index in [-0.39, 0.29) is 5.91 Å². The molecule has 0 aliphatic carbocycles. The Bertz CT molecular complexity index is 1420. The number of methoxy groups -OCH3 is 1. The van der Waals surface area contributed by atoms with Crippen molar-refractivity contribution in [3.63, 3.8) is 0 Å². The van der Waals surface area contributed by atoms with E-state index in [4.69, 9.17) is 14.5 Å². The van der Waals surface area contributed by atoms with Gasteiger partial charge in [-0.15, -0.1) is 0 Å². The van der Waals surface area contributed by atoms with E-state index in [1.165, 1.54) is 20.1 Å². The maximum Gasteiger partial charge on any atom is 0.308 e. The average Bonchev–Trinajstić information content (AvgIpc) is 3.17. The molecular formula is C26H24N4O4. The summed E-state index contributed by atoms with van der Waals surface area (Å²) in [5.41, 5.74) is 3.38. The van der Waals surface area contributed by atoms with E-state index in [1.54, 1.807) is 35.0 Å². The predicted molar refractivity (Wildman–Crippen MR) is 130 cm³/mol. The van der Waals surface area contributed by atoms with Crippen molar-refractivity contribution in [2.45, 2.75) is 20.8 Å². The van der Waals surface area contributed by atoms with Gasteiger partial charge in [-0.05, 0) is 55.3 Å². The number of nitrogens with zero attached hydrogens (tertiary/aromatic N) is 3. The molecule has 172 valence electrons. The Hall–Kier alpha value is -4.46. The fraction of sp³-hybridized carbons (Fsp3) is 0.154. The number of carbonyl (C=O) groups is 2. The van der Waals surface area contributed by atoms with Crippen LogP contribution in [0.2, 0.25) is 0 Å². The standard InChI is InChI=1S/C26H24N4O4/c1-16-13-24(27-21-8-6-5-7-20(16)21)30-25(14-17(2)29-30)28-26(32)12-10-19-9-11-22(34-18(3)31)23(15-19)33-4/h5-15H,1-4H3,(H,28,32)/b12-10+. The molecule has 0 aliphatic rings. The minimum Gasteiger partial charge on any atom is -0.493 e. The molecule has 0 radical (unpaired) electrons. The van der Waals surface area contributed by atoms with E-state index < -0.39 is 5.97 Å². The molecule has 2 aromatic heterocycles. The van der Waals surface area contributed by atoms with Crippen LogP contribution in [0.15, 0.2) is 60.7 Å². The third-order valence-electron chi connectivity index (χ3n) is 5.08. The smallest absolute Gasteiger partial charge is 0.308 e. The van der Waals surface area contributed by atoms with Gasteiger partial charge in [0.25, 0.3) is 0 Å². The van der Waals surface area contributed by atoms with Gasteiger partial charge in [0.05, 0.1) is 18.3 Å². The van der Waals surface area contributed by atoms with Crippen LogP contribution in [0.1, 0.15) is 23.7 Å². The lowest BCUT2D eigenvalue weighted by Crippen LogP contribution is -2.13. The summed E-state index contributed by atoms with van der Waals surface area (Å²) in [6, 6.07) is 16.6. The maximum atomic E-state index is 12.7. The Morgan fingerprint density at radius 2 is 1.82 bits per heavy atom. The number of hydrogen-bond donors (Lipinski definition) is 1.